The van der Waals surface area contributed by atoms with Crippen LogP contribution in [0, 0.1) is 0 Å². The third kappa shape index (κ3) is 3.51. The van der Waals surface area contributed by atoms with Gasteiger partial charge in [0.15, 0.2) is 0 Å². The maximum atomic E-state index is 5.59. The minimum atomic E-state index is 0.163. The third-order valence-corrected chi connectivity index (χ3v) is 6.21. The van der Waals surface area contributed by atoms with Gasteiger partial charge in [0.05, 0.1) is 13.2 Å². The molecule has 2 heterocycles. The molecular weight excluding hydrogens is 332 g/mol. The predicted octanol–water partition coefficient (Wildman–Crippen LogP) is 5.64. The Bertz CT molecular complexity index is 852. The van der Waals surface area contributed by atoms with Crippen LogP contribution in [-0.2, 0) is 4.74 Å². The summed E-state index contributed by atoms with van der Waals surface area (Å²) in [5.41, 5.74) is 2.90. The first kappa shape index (κ1) is 18.5. The third-order valence-electron chi connectivity index (χ3n) is 6.21. The van der Waals surface area contributed by atoms with Gasteiger partial charge in [0, 0.05) is 46.5 Å². The van der Waals surface area contributed by atoms with E-state index < -0.39 is 0 Å². The van der Waals surface area contributed by atoms with Crippen LogP contribution in [0.3, 0.4) is 0 Å². The molecule has 1 aliphatic heterocycles. The Hall–Kier alpha value is -1.84. The van der Waals surface area contributed by atoms with Crippen LogP contribution in [0.2, 0.25) is 0 Å². The number of ether oxygens (including phenoxy) is 1. The van der Waals surface area contributed by atoms with Crippen molar-refractivity contribution >= 4 is 21.8 Å². The van der Waals surface area contributed by atoms with Crippen LogP contribution in [0.15, 0.2) is 48.5 Å². The van der Waals surface area contributed by atoms with E-state index in [1.165, 1.54) is 34.6 Å². The van der Waals surface area contributed by atoms with Gasteiger partial charge in [-0.15, -0.1) is 0 Å². The van der Waals surface area contributed by atoms with Gasteiger partial charge >= 0.3 is 0 Å². The van der Waals surface area contributed by atoms with E-state index in [9.17, 15) is 0 Å². The van der Waals surface area contributed by atoms with Gasteiger partial charge < -0.3 is 9.30 Å². The standard InChI is InChI=1S/C24H32N2O/c1-4-9-19(18-24(2,3)25-14-16-27-17-15-25)26-22-12-7-5-10-20(22)21-11-6-8-13-23(21)26/h5-8,10-13,19H,4,9,14-18H2,1-3H3. The molecule has 0 bridgehead atoms. The minimum absolute atomic E-state index is 0.163. The van der Waals surface area contributed by atoms with Gasteiger partial charge in [-0.3, -0.25) is 4.90 Å². The highest BCUT2D eigenvalue weighted by Gasteiger charge is 2.32. The molecular formula is C24H32N2O. The summed E-state index contributed by atoms with van der Waals surface area (Å²) in [7, 11) is 0. The Morgan fingerprint density at radius 2 is 1.48 bits per heavy atom. The molecule has 0 radical (unpaired) electrons. The van der Waals surface area contributed by atoms with E-state index in [1.54, 1.807) is 0 Å². The second-order valence-electron chi connectivity index (χ2n) is 8.46. The highest BCUT2D eigenvalue weighted by atomic mass is 16.5. The van der Waals surface area contributed by atoms with Crippen molar-refractivity contribution in [3.8, 4) is 0 Å². The average Bonchev–Trinajstić information content (AvgIpc) is 3.03. The van der Waals surface area contributed by atoms with Gasteiger partial charge in [0.1, 0.15) is 0 Å². The predicted molar refractivity (Wildman–Crippen MR) is 114 cm³/mol. The molecule has 0 N–H and O–H groups in total. The van der Waals surface area contributed by atoms with Gasteiger partial charge in [-0.2, -0.15) is 0 Å². The molecule has 27 heavy (non-hydrogen) atoms. The van der Waals surface area contributed by atoms with E-state index in [2.05, 4.69) is 78.8 Å². The van der Waals surface area contributed by atoms with E-state index in [1.807, 2.05) is 0 Å². The van der Waals surface area contributed by atoms with Crippen LogP contribution in [0.1, 0.15) is 46.1 Å². The zero-order chi connectivity index (χ0) is 18.9. The van der Waals surface area contributed by atoms with Gasteiger partial charge in [-0.05, 0) is 38.8 Å². The normalized spacial score (nSPS) is 17.6. The summed E-state index contributed by atoms with van der Waals surface area (Å²) in [6.45, 7) is 10.9. The first-order valence-electron chi connectivity index (χ1n) is 10.4. The van der Waals surface area contributed by atoms with Crippen molar-refractivity contribution in [2.45, 2.75) is 51.6 Å². The topological polar surface area (TPSA) is 17.4 Å². The van der Waals surface area contributed by atoms with Gasteiger partial charge in [-0.25, -0.2) is 0 Å². The first-order valence-corrected chi connectivity index (χ1v) is 10.4. The molecule has 1 atom stereocenters. The summed E-state index contributed by atoms with van der Waals surface area (Å²) >= 11 is 0. The van der Waals surface area contributed by atoms with Crippen LogP contribution in [0.4, 0.5) is 0 Å². The lowest BCUT2D eigenvalue weighted by molar-refractivity contribution is -0.0174. The quantitative estimate of drug-likeness (QED) is 0.563. The van der Waals surface area contributed by atoms with E-state index >= 15 is 0 Å². The van der Waals surface area contributed by atoms with E-state index in [4.69, 9.17) is 4.74 Å². The smallest absolute Gasteiger partial charge is 0.0594 e. The number of hydrogen-bond acceptors (Lipinski definition) is 2. The summed E-state index contributed by atoms with van der Waals surface area (Å²) in [5, 5.41) is 2.75. The second-order valence-corrected chi connectivity index (χ2v) is 8.46. The van der Waals surface area contributed by atoms with Crippen LogP contribution >= 0.6 is 0 Å². The molecule has 3 nitrogen and oxygen atoms in total. The molecule has 1 aromatic heterocycles. The number of nitrogens with zero attached hydrogens (tertiary/aromatic N) is 2. The largest absolute Gasteiger partial charge is 0.379 e. The molecule has 0 spiro atoms. The van der Waals surface area contributed by atoms with E-state index in [-0.39, 0.29) is 5.54 Å². The molecule has 144 valence electrons. The van der Waals surface area contributed by atoms with E-state index in [0.717, 1.165) is 32.7 Å². The monoisotopic (exact) mass is 364 g/mol. The first-order chi connectivity index (χ1) is 13.1. The van der Waals surface area contributed by atoms with Gasteiger partial charge in [0.25, 0.3) is 0 Å². The second kappa shape index (κ2) is 7.65. The molecule has 3 aromatic rings. The number of hydrogen-bond donors (Lipinski definition) is 0. The molecule has 1 fully saturated rings. The molecule has 1 unspecified atom stereocenters. The molecule has 0 aliphatic carbocycles. The lowest BCUT2D eigenvalue weighted by atomic mass is 9.90. The summed E-state index contributed by atoms with van der Waals surface area (Å²) in [5.74, 6) is 0. The van der Waals surface area contributed by atoms with Crippen molar-refractivity contribution in [1.29, 1.82) is 0 Å². The number of aromatic nitrogens is 1. The van der Waals surface area contributed by atoms with Crippen LogP contribution < -0.4 is 0 Å². The Morgan fingerprint density at radius 1 is 0.926 bits per heavy atom. The van der Waals surface area contributed by atoms with Crippen molar-refractivity contribution in [3.05, 3.63) is 48.5 Å². The van der Waals surface area contributed by atoms with Gasteiger partial charge in [-0.1, -0.05) is 49.7 Å². The van der Waals surface area contributed by atoms with Gasteiger partial charge in [0.2, 0.25) is 0 Å². The molecule has 1 saturated heterocycles. The van der Waals surface area contributed by atoms with Crippen molar-refractivity contribution in [2.75, 3.05) is 26.3 Å². The van der Waals surface area contributed by atoms with Crippen molar-refractivity contribution < 1.29 is 4.74 Å². The summed E-state index contributed by atoms with van der Waals surface area (Å²) in [6, 6.07) is 18.3. The van der Waals surface area contributed by atoms with Crippen LogP contribution in [0.25, 0.3) is 21.8 Å². The summed E-state index contributed by atoms with van der Waals surface area (Å²) < 4.78 is 8.21. The maximum Gasteiger partial charge on any atom is 0.0594 e. The molecule has 1 aliphatic rings. The summed E-state index contributed by atoms with van der Waals surface area (Å²) in [4.78, 5) is 2.62. The lowest BCUT2D eigenvalue weighted by Gasteiger charge is -2.43. The number of rotatable bonds is 6. The van der Waals surface area contributed by atoms with Crippen LogP contribution in [0.5, 0.6) is 0 Å². The number of para-hydroxylation sites is 2. The summed E-state index contributed by atoms with van der Waals surface area (Å²) in [6.07, 6.45) is 3.56. The van der Waals surface area contributed by atoms with Crippen LogP contribution in [-0.4, -0.2) is 41.3 Å². The fourth-order valence-corrected chi connectivity index (χ4v) is 4.88. The molecule has 4 rings (SSSR count). The Balaban J connectivity index is 1.77. The Labute approximate surface area is 162 Å². The lowest BCUT2D eigenvalue weighted by Crippen LogP contribution is -2.50. The number of fused-ring (bicyclic) bond motifs is 3. The fourth-order valence-electron chi connectivity index (χ4n) is 4.88. The molecule has 0 saturated carbocycles. The van der Waals surface area contributed by atoms with Crippen molar-refractivity contribution in [3.63, 3.8) is 0 Å². The Kier molecular flexibility index (Phi) is 5.25. The molecule has 0 amide bonds. The van der Waals surface area contributed by atoms with Crippen molar-refractivity contribution in [1.82, 2.24) is 9.47 Å². The average molecular weight is 365 g/mol. The highest BCUT2D eigenvalue weighted by Crippen LogP contribution is 2.37. The highest BCUT2D eigenvalue weighted by molar-refractivity contribution is 6.08. The zero-order valence-corrected chi connectivity index (χ0v) is 16.9. The maximum absolute atomic E-state index is 5.59. The van der Waals surface area contributed by atoms with E-state index in [0.29, 0.717) is 6.04 Å². The molecule has 3 heteroatoms. The zero-order valence-electron chi connectivity index (χ0n) is 16.9. The Morgan fingerprint density at radius 3 is 2.04 bits per heavy atom. The van der Waals surface area contributed by atoms with Crippen molar-refractivity contribution in [2.24, 2.45) is 0 Å². The molecule has 2 aromatic carbocycles. The number of morpholine rings is 1. The minimum Gasteiger partial charge on any atom is -0.379 e. The SMILES string of the molecule is CCCC(CC(C)(C)N1CCOCC1)n1c2ccccc2c2ccccc21. The fraction of sp³-hybridized carbons (Fsp3) is 0.500. The number of benzene rings is 2.